The molecule has 0 aliphatic carbocycles. The molecule has 1 aliphatic heterocycles. The van der Waals surface area contributed by atoms with Crippen LogP contribution in [0.25, 0.3) is 10.9 Å². The van der Waals surface area contributed by atoms with Crippen LogP contribution in [-0.2, 0) is 7.05 Å². The summed E-state index contributed by atoms with van der Waals surface area (Å²) in [6.07, 6.45) is 1.02. The van der Waals surface area contributed by atoms with Gasteiger partial charge in [0.05, 0.1) is 5.56 Å². The summed E-state index contributed by atoms with van der Waals surface area (Å²) in [5.74, 6) is 0.169. The van der Waals surface area contributed by atoms with Crippen molar-refractivity contribution in [1.82, 2.24) is 14.8 Å². The maximum absolute atomic E-state index is 12.9. The average Bonchev–Trinajstić information content (AvgIpc) is 2.68. The Kier molecular flexibility index (Phi) is 3.49. The number of para-hydroxylation sites is 1. The van der Waals surface area contributed by atoms with E-state index in [-0.39, 0.29) is 5.91 Å². The topological polar surface area (TPSA) is 37.3 Å². The second-order valence-corrected chi connectivity index (χ2v) is 5.43. The summed E-state index contributed by atoms with van der Waals surface area (Å²) < 4.78 is 2.11. The van der Waals surface area contributed by atoms with Crippen LogP contribution in [0.4, 0.5) is 0 Å². The number of rotatable bonds is 1. The first kappa shape index (κ1) is 13.2. The van der Waals surface area contributed by atoms with E-state index in [0.717, 1.165) is 54.8 Å². The lowest BCUT2D eigenvalue weighted by Gasteiger charge is -2.20. The minimum Gasteiger partial charge on any atom is -0.347 e. The molecule has 1 aromatic carbocycles. The van der Waals surface area contributed by atoms with E-state index in [2.05, 4.69) is 16.0 Å². The van der Waals surface area contributed by atoms with Gasteiger partial charge in [-0.2, -0.15) is 0 Å². The fourth-order valence-corrected chi connectivity index (χ4v) is 3.00. The van der Waals surface area contributed by atoms with E-state index in [1.165, 1.54) is 0 Å². The number of hydrogen-bond donors (Lipinski definition) is 1. The fraction of sp³-hybridized carbons (Fsp3) is 0.438. The Morgan fingerprint density at radius 1 is 1.20 bits per heavy atom. The highest BCUT2D eigenvalue weighted by molar-refractivity contribution is 6.08. The number of aryl methyl sites for hydroxylation is 1. The summed E-state index contributed by atoms with van der Waals surface area (Å²) >= 11 is 0. The third-order valence-electron chi connectivity index (χ3n) is 4.24. The maximum atomic E-state index is 12.9. The summed E-state index contributed by atoms with van der Waals surface area (Å²) in [6.45, 7) is 5.55. The third-order valence-corrected chi connectivity index (χ3v) is 4.24. The Hall–Kier alpha value is -1.81. The van der Waals surface area contributed by atoms with Crippen molar-refractivity contribution in [3.8, 4) is 0 Å². The monoisotopic (exact) mass is 271 g/mol. The van der Waals surface area contributed by atoms with Crippen LogP contribution in [0.5, 0.6) is 0 Å². The van der Waals surface area contributed by atoms with E-state index in [1.54, 1.807) is 0 Å². The van der Waals surface area contributed by atoms with Crippen LogP contribution < -0.4 is 5.32 Å². The van der Waals surface area contributed by atoms with Crippen LogP contribution in [0.1, 0.15) is 22.5 Å². The van der Waals surface area contributed by atoms with Crippen molar-refractivity contribution < 1.29 is 4.79 Å². The molecule has 0 atom stereocenters. The molecule has 0 spiro atoms. The average molecular weight is 271 g/mol. The molecule has 0 unspecified atom stereocenters. The largest absolute Gasteiger partial charge is 0.347 e. The number of aromatic nitrogens is 1. The highest BCUT2D eigenvalue weighted by Crippen LogP contribution is 2.26. The molecule has 20 heavy (non-hydrogen) atoms. The van der Waals surface area contributed by atoms with Gasteiger partial charge in [0.1, 0.15) is 0 Å². The summed E-state index contributed by atoms with van der Waals surface area (Å²) in [7, 11) is 2.03. The van der Waals surface area contributed by atoms with Gasteiger partial charge >= 0.3 is 0 Å². The fourth-order valence-electron chi connectivity index (χ4n) is 3.00. The molecule has 1 N–H and O–H groups in total. The molecule has 2 aromatic rings. The van der Waals surface area contributed by atoms with Gasteiger partial charge in [0.2, 0.25) is 0 Å². The molecular formula is C16H21N3O. The molecule has 3 rings (SSSR count). The van der Waals surface area contributed by atoms with Gasteiger partial charge in [0, 0.05) is 43.3 Å². The SMILES string of the molecule is Cc1c(C(=O)N2CCCNCC2)c2ccccc2n1C. The zero-order valence-electron chi connectivity index (χ0n) is 12.1. The second kappa shape index (κ2) is 5.29. The lowest BCUT2D eigenvalue weighted by atomic mass is 10.1. The number of amides is 1. The first-order chi connectivity index (χ1) is 9.70. The molecule has 2 heterocycles. The van der Waals surface area contributed by atoms with E-state index in [0.29, 0.717) is 0 Å². The van der Waals surface area contributed by atoms with E-state index < -0.39 is 0 Å². The minimum atomic E-state index is 0.169. The zero-order chi connectivity index (χ0) is 14.1. The van der Waals surface area contributed by atoms with Crippen molar-refractivity contribution in [2.75, 3.05) is 26.2 Å². The maximum Gasteiger partial charge on any atom is 0.256 e. The summed E-state index contributed by atoms with van der Waals surface area (Å²) in [4.78, 5) is 14.9. The Balaban J connectivity index is 2.05. The number of carbonyl (C=O) groups excluding carboxylic acids is 1. The second-order valence-electron chi connectivity index (χ2n) is 5.43. The Morgan fingerprint density at radius 3 is 2.85 bits per heavy atom. The van der Waals surface area contributed by atoms with Gasteiger partial charge in [-0.25, -0.2) is 0 Å². The predicted octanol–water partition coefficient (Wildman–Crippen LogP) is 1.92. The quantitative estimate of drug-likeness (QED) is 0.860. The third kappa shape index (κ3) is 2.10. The molecule has 106 valence electrons. The Bertz CT molecular complexity index is 636. The van der Waals surface area contributed by atoms with Gasteiger partial charge in [0.25, 0.3) is 5.91 Å². The van der Waals surface area contributed by atoms with E-state index in [4.69, 9.17) is 0 Å². The van der Waals surface area contributed by atoms with Crippen molar-refractivity contribution in [3.05, 3.63) is 35.5 Å². The number of nitrogens with zero attached hydrogens (tertiary/aromatic N) is 2. The van der Waals surface area contributed by atoms with Crippen molar-refractivity contribution in [1.29, 1.82) is 0 Å². The minimum absolute atomic E-state index is 0.169. The summed E-state index contributed by atoms with van der Waals surface area (Å²) in [5.41, 5.74) is 3.04. The molecule has 1 aromatic heterocycles. The van der Waals surface area contributed by atoms with Crippen molar-refractivity contribution in [2.45, 2.75) is 13.3 Å². The number of carbonyl (C=O) groups is 1. The Labute approximate surface area is 119 Å². The van der Waals surface area contributed by atoms with E-state index >= 15 is 0 Å². The highest BCUT2D eigenvalue weighted by Gasteiger charge is 2.23. The molecule has 0 saturated carbocycles. The van der Waals surface area contributed by atoms with Crippen LogP contribution in [0.2, 0.25) is 0 Å². The summed E-state index contributed by atoms with van der Waals surface area (Å²) in [6, 6.07) is 8.14. The van der Waals surface area contributed by atoms with Crippen LogP contribution in [0.3, 0.4) is 0 Å². The van der Waals surface area contributed by atoms with Crippen molar-refractivity contribution in [2.24, 2.45) is 7.05 Å². The van der Waals surface area contributed by atoms with Gasteiger partial charge in [-0.3, -0.25) is 4.79 Å². The normalized spacial score (nSPS) is 16.4. The lowest BCUT2D eigenvalue weighted by Crippen LogP contribution is -2.34. The molecule has 1 amide bonds. The van der Waals surface area contributed by atoms with Crippen molar-refractivity contribution >= 4 is 16.8 Å². The molecule has 0 bridgehead atoms. The molecule has 1 saturated heterocycles. The first-order valence-corrected chi connectivity index (χ1v) is 7.24. The number of hydrogen-bond acceptors (Lipinski definition) is 2. The van der Waals surface area contributed by atoms with Crippen LogP contribution >= 0.6 is 0 Å². The number of benzene rings is 1. The highest BCUT2D eigenvalue weighted by atomic mass is 16.2. The first-order valence-electron chi connectivity index (χ1n) is 7.24. The van der Waals surface area contributed by atoms with Crippen LogP contribution in [0, 0.1) is 6.92 Å². The standard InChI is InChI=1S/C16H21N3O/c1-12-15(13-6-3-4-7-14(13)18(12)2)16(20)19-10-5-8-17-9-11-19/h3-4,6-7,17H,5,8-11H2,1-2H3. The molecule has 4 nitrogen and oxygen atoms in total. The lowest BCUT2D eigenvalue weighted by molar-refractivity contribution is 0.0767. The van der Waals surface area contributed by atoms with Gasteiger partial charge in [0.15, 0.2) is 0 Å². The zero-order valence-corrected chi connectivity index (χ0v) is 12.1. The molecule has 1 aliphatic rings. The van der Waals surface area contributed by atoms with E-state index in [9.17, 15) is 4.79 Å². The van der Waals surface area contributed by atoms with Gasteiger partial charge in [-0.1, -0.05) is 18.2 Å². The van der Waals surface area contributed by atoms with E-state index in [1.807, 2.05) is 37.1 Å². The number of nitrogens with one attached hydrogen (secondary N) is 1. The van der Waals surface area contributed by atoms with Crippen molar-refractivity contribution in [3.63, 3.8) is 0 Å². The van der Waals surface area contributed by atoms with Gasteiger partial charge < -0.3 is 14.8 Å². The van der Waals surface area contributed by atoms with Gasteiger partial charge in [-0.15, -0.1) is 0 Å². The molecule has 0 radical (unpaired) electrons. The molecule has 1 fully saturated rings. The summed E-state index contributed by atoms with van der Waals surface area (Å²) in [5, 5.41) is 4.41. The smallest absolute Gasteiger partial charge is 0.256 e. The molecule has 4 heteroatoms. The Morgan fingerprint density at radius 2 is 2.00 bits per heavy atom. The van der Waals surface area contributed by atoms with Gasteiger partial charge in [-0.05, 0) is 26.0 Å². The molecular weight excluding hydrogens is 250 g/mol. The van der Waals surface area contributed by atoms with Crippen LogP contribution in [-0.4, -0.2) is 41.6 Å². The number of fused-ring (bicyclic) bond motifs is 1. The predicted molar refractivity (Wildman–Crippen MR) is 81.0 cm³/mol. The van der Waals surface area contributed by atoms with Crippen LogP contribution in [0.15, 0.2) is 24.3 Å².